The number of aliphatic hydroxyl groups is 1. The molecule has 3 aromatic rings. The number of halogens is 1. The molecule has 1 fully saturated rings. The molecule has 0 aliphatic carbocycles. The zero-order valence-corrected chi connectivity index (χ0v) is 12.4. The predicted molar refractivity (Wildman–Crippen MR) is 84.0 cm³/mol. The molecule has 0 saturated carbocycles. The fourth-order valence-corrected chi connectivity index (χ4v) is 3.07. The molecule has 118 valence electrons. The molecule has 1 saturated heterocycles. The van der Waals surface area contributed by atoms with Crippen LogP contribution in [0.5, 0.6) is 0 Å². The van der Waals surface area contributed by atoms with E-state index in [0.29, 0.717) is 18.0 Å². The molecule has 3 heterocycles. The van der Waals surface area contributed by atoms with Crippen molar-refractivity contribution in [3.8, 4) is 11.3 Å². The highest BCUT2D eigenvalue weighted by atomic mass is 19.1. The number of alkyl halides is 1. The lowest BCUT2D eigenvalue weighted by molar-refractivity contribution is 0.255. The normalized spacial score (nSPS) is 21.2. The zero-order chi connectivity index (χ0) is 15.8. The van der Waals surface area contributed by atoms with Crippen LogP contribution >= 0.6 is 0 Å². The molecule has 4 rings (SSSR count). The maximum atomic E-state index is 13.8. The Morgan fingerprint density at radius 1 is 1.26 bits per heavy atom. The molecule has 23 heavy (non-hydrogen) atoms. The molecule has 6 nitrogen and oxygen atoms in total. The van der Waals surface area contributed by atoms with E-state index in [2.05, 4.69) is 15.1 Å². The average Bonchev–Trinajstić information content (AvgIpc) is 3.20. The molecule has 2 aromatic heterocycles. The number of hydrogen-bond donors (Lipinski definition) is 1. The van der Waals surface area contributed by atoms with Gasteiger partial charge in [-0.1, -0.05) is 30.3 Å². The molecule has 2 atom stereocenters. The van der Waals surface area contributed by atoms with Gasteiger partial charge in [-0.3, -0.25) is 0 Å². The van der Waals surface area contributed by atoms with Gasteiger partial charge in [0.25, 0.3) is 5.78 Å². The van der Waals surface area contributed by atoms with Gasteiger partial charge in [-0.15, -0.1) is 0 Å². The Balaban J connectivity index is 1.87. The van der Waals surface area contributed by atoms with Crippen LogP contribution in [0.4, 0.5) is 10.2 Å². The topological polar surface area (TPSA) is 66.5 Å². The molecular formula is C16H16FN5O. The number of benzene rings is 1. The van der Waals surface area contributed by atoms with E-state index in [1.807, 2.05) is 41.3 Å². The summed E-state index contributed by atoms with van der Waals surface area (Å²) >= 11 is 0. The van der Waals surface area contributed by atoms with Gasteiger partial charge < -0.3 is 10.0 Å². The second kappa shape index (κ2) is 5.58. The van der Waals surface area contributed by atoms with Crippen LogP contribution in [-0.2, 0) is 0 Å². The van der Waals surface area contributed by atoms with Crippen molar-refractivity contribution in [1.29, 1.82) is 0 Å². The lowest BCUT2D eigenvalue weighted by atomic mass is 10.1. The highest BCUT2D eigenvalue weighted by Crippen LogP contribution is 2.30. The Morgan fingerprint density at radius 3 is 2.87 bits per heavy atom. The van der Waals surface area contributed by atoms with Crippen molar-refractivity contribution in [2.75, 3.05) is 18.1 Å². The SMILES string of the molecule is OC[C@@H]1C[C@H](F)CN1c1cc(-c2ccccc2)nc2ncnn12. The van der Waals surface area contributed by atoms with E-state index in [1.165, 1.54) is 6.33 Å². The van der Waals surface area contributed by atoms with Gasteiger partial charge in [0.1, 0.15) is 18.3 Å². The molecule has 1 aromatic carbocycles. The van der Waals surface area contributed by atoms with Crippen molar-refractivity contribution in [3.05, 3.63) is 42.7 Å². The quantitative estimate of drug-likeness (QED) is 0.797. The summed E-state index contributed by atoms with van der Waals surface area (Å²) in [7, 11) is 0. The summed E-state index contributed by atoms with van der Waals surface area (Å²) in [5, 5.41) is 13.7. The lowest BCUT2D eigenvalue weighted by Crippen LogP contribution is -2.34. The highest BCUT2D eigenvalue weighted by molar-refractivity contribution is 5.66. The van der Waals surface area contributed by atoms with Gasteiger partial charge in [0.15, 0.2) is 0 Å². The third-order valence-electron chi connectivity index (χ3n) is 4.17. The summed E-state index contributed by atoms with van der Waals surface area (Å²) < 4.78 is 15.4. The molecule has 0 spiro atoms. The average molecular weight is 313 g/mol. The number of aromatic nitrogens is 4. The fourth-order valence-electron chi connectivity index (χ4n) is 3.07. The van der Waals surface area contributed by atoms with Crippen molar-refractivity contribution in [3.63, 3.8) is 0 Å². The molecule has 1 N–H and O–H groups in total. The van der Waals surface area contributed by atoms with Crippen molar-refractivity contribution < 1.29 is 9.50 Å². The fraction of sp³-hybridized carbons (Fsp3) is 0.312. The van der Waals surface area contributed by atoms with Crippen LogP contribution in [0, 0.1) is 0 Å². The summed E-state index contributed by atoms with van der Waals surface area (Å²) in [5.41, 5.74) is 1.70. The summed E-state index contributed by atoms with van der Waals surface area (Å²) in [6.45, 7) is 0.137. The predicted octanol–water partition coefficient (Wildman–Crippen LogP) is 1.70. The third kappa shape index (κ3) is 2.43. The summed E-state index contributed by atoms with van der Waals surface area (Å²) in [6.07, 6.45) is 0.784. The molecule has 0 bridgehead atoms. The number of fused-ring (bicyclic) bond motifs is 1. The largest absolute Gasteiger partial charge is 0.394 e. The number of aliphatic hydroxyl groups excluding tert-OH is 1. The Hall–Kier alpha value is -2.54. The second-order valence-corrected chi connectivity index (χ2v) is 5.66. The van der Waals surface area contributed by atoms with Crippen LogP contribution < -0.4 is 4.90 Å². The monoisotopic (exact) mass is 313 g/mol. The van der Waals surface area contributed by atoms with Crippen molar-refractivity contribution in [2.45, 2.75) is 18.6 Å². The number of rotatable bonds is 3. The van der Waals surface area contributed by atoms with Crippen LogP contribution in [-0.4, -0.2) is 50.1 Å². The Morgan fingerprint density at radius 2 is 2.09 bits per heavy atom. The maximum absolute atomic E-state index is 13.8. The van der Waals surface area contributed by atoms with Crippen LogP contribution in [0.3, 0.4) is 0 Å². The first-order chi connectivity index (χ1) is 11.3. The van der Waals surface area contributed by atoms with Gasteiger partial charge in [0, 0.05) is 18.1 Å². The van der Waals surface area contributed by atoms with E-state index in [-0.39, 0.29) is 19.2 Å². The van der Waals surface area contributed by atoms with Gasteiger partial charge in [0.2, 0.25) is 0 Å². The van der Waals surface area contributed by atoms with Crippen LogP contribution in [0.1, 0.15) is 6.42 Å². The molecule has 0 radical (unpaired) electrons. The summed E-state index contributed by atoms with van der Waals surface area (Å²) in [5.74, 6) is 1.16. The van der Waals surface area contributed by atoms with Gasteiger partial charge in [0.05, 0.1) is 24.9 Å². The van der Waals surface area contributed by atoms with Crippen molar-refractivity contribution in [2.24, 2.45) is 0 Å². The molecular weight excluding hydrogens is 297 g/mol. The molecule has 7 heteroatoms. The molecule has 1 aliphatic heterocycles. The second-order valence-electron chi connectivity index (χ2n) is 5.66. The summed E-state index contributed by atoms with van der Waals surface area (Å²) in [6, 6.07) is 11.4. The van der Waals surface area contributed by atoms with Crippen molar-refractivity contribution in [1.82, 2.24) is 19.6 Å². The van der Waals surface area contributed by atoms with E-state index in [9.17, 15) is 9.50 Å². The van der Waals surface area contributed by atoms with Gasteiger partial charge in [-0.25, -0.2) is 9.37 Å². The number of hydrogen-bond acceptors (Lipinski definition) is 5. The first-order valence-electron chi connectivity index (χ1n) is 7.54. The highest BCUT2D eigenvalue weighted by Gasteiger charge is 2.33. The first-order valence-corrected chi connectivity index (χ1v) is 7.54. The minimum atomic E-state index is -0.959. The van der Waals surface area contributed by atoms with E-state index < -0.39 is 6.17 Å². The minimum Gasteiger partial charge on any atom is -0.394 e. The number of nitrogens with zero attached hydrogens (tertiary/aromatic N) is 5. The maximum Gasteiger partial charge on any atom is 0.254 e. The van der Waals surface area contributed by atoms with Gasteiger partial charge in [-0.05, 0) is 0 Å². The van der Waals surface area contributed by atoms with E-state index >= 15 is 0 Å². The van der Waals surface area contributed by atoms with Gasteiger partial charge in [-0.2, -0.15) is 14.6 Å². The van der Waals surface area contributed by atoms with E-state index in [4.69, 9.17) is 0 Å². The minimum absolute atomic E-state index is 0.0976. The van der Waals surface area contributed by atoms with Crippen molar-refractivity contribution >= 4 is 11.6 Å². The number of anilines is 1. The summed E-state index contributed by atoms with van der Waals surface area (Å²) in [4.78, 5) is 10.5. The van der Waals surface area contributed by atoms with Gasteiger partial charge >= 0.3 is 0 Å². The van der Waals surface area contributed by atoms with E-state index in [0.717, 1.165) is 11.3 Å². The standard InChI is InChI=1S/C16H16FN5O/c17-12-6-13(9-23)21(8-12)15-7-14(11-4-2-1-3-5-11)20-16-18-10-19-22(15)16/h1-5,7,10,12-13,23H,6,8-9H2/t12-,13-/m0/s1. The van der Waals surface area contributed by atoms with Crippen LogP contribution in [0.15, 0.2) is 42.7 Å². The first kappa shape index (κ1) is 14.1. The Labute approximate surface area is 132 Å². The van der Waals surface area contributed by atoms with Crippen LogP contribution in [0.25, 0.3) is 17.0 Å². The third-order valence-corrected chi connectivity index (χ3v) is 4.17. The molecule has 0 unspecified atom stereocenters. The Bertz CT molecular complexity index is 822. The van der Waals surface area contributed by atoms with Crippen LogP contribution in [0.2, 0.25) is 0 Å². The van der Waals surface area contributed by atoms with E-state index in [1.54, 1.807) is 4.52 Å². The lowest BCUT2D eigenvalue weighted by Gasteiger charge is -2.25. The molecule has 0 amide bonds. The Kier molecular flexibility index (Phi) is 3.42. The smallest absolute Gasteiger partial charge is 0.254 e. The zero-order valence-electron chi connectivity index (χ0n) is 12.4. The molecule has 1 aliphatic rings.